The number of carbonyl (C=O) groups is 3. The number of anilines is 2. The summed E-state index contributed by atoms with van der Waals surface area (Å²) in [6.45, 7) is 0.704. The lowest BCUT2D eigenvalue weighted by Crippen LogP contribution is -2.54. The molecule has 3 amide bonds. The highest BCUT2D eigenvalue weighted by Gasteiger charge is 2.74. The lowest BCUT2D eigenvalue weighted by molar-refractivity contribution is -0.135. The minimum Gasteiger partial charge on any atom is -0.324 e. The molecule has 8 heteroatoms. The molecule has 6 rings (SSSR count). The molecular weight excluding hydrogens is 514 g/mol. The first kappa shape index (κ1) is 18.7. The van der Waals surface area contributed by atoms with Crippen molar-refractivity contribution >= 4 is 61.0 Å². The number of nitrogens with zero attached hydrogens (tertiary/aromatic N) is 2. The molecule has 4 unspecified atom stereocenters. The fourth-order valence-electron chi connectivity index (χ4n) is 6.02. The van der Waals surface area contributed by atoms with Gasteiger partial charge in [0, 0.05) is 26.2 Å². The summed E-state index contributed by atoms with van der Waals surface area (Å²) in [5.74, 6) is -1.93. The quantitative estimate of drug-likeness (QED) is 0.571. The monoisotopic (exact) mass is 529 g/mol. The molecule has 4 aliphatic heterocycles. The maximum atomic E-state index is 13.8. The number of amides is 3. The van der Waals surface area contributed by atoms with E-state index in [1.165, 1.54) is 4.90 Å². The summed E-state index contributed by atoms with van der Waals surface area (Å²) >= 11 is 6.92. The largest absolute Gasteiger partial charge is 0.324 e. The number of halogens is 2. The third-order valence-electron chi connectivity index (χ3n) is 7.04. The van der Waals surface area contributed by atoms with Crippen LogP contribution >= 0.6 is 31.9 Å². The molecule has 1 N–H and O–H groups in total. The van der Waals surface area contributed by atoms with Crippen LogP contribution in [-0.4, -0.2) is 35.2 Å². The van der Waals surface area contributed by atoms with Crippen molar-refractivity contribution in [2.45, 2.75) is 24.4 Å². The van der Waals surface area contributed by atoms with Gasteiger partial charge in [0.15, 0.2) is 0 Å². The van der Waals surface area contributed by atoms with E-state index in [9.17, 15) is 14.4 Å². The topological polar surface area (TPSA) is 69.7 Å². The molecule has 0 saturated carbocycles. The number of benzene rings is 2. The first-order valence-corrected chi connectivity index (χ1v) is 11.5. The average molecular weight is 531 g/mol. The normalized spacial score (nSPS) is 32.0. The SMILES string of the molecule is O=C1C2C3CCCN3C3(C(=O)Nc4ccc(Br)cc43)C2C(=O)N1c1ccc(Br)cc1. The molecule has 0 bridgehead atoms. The van der Waals surface area contributed by atoms with Gasteiger partial charge >= 0.3 is 0 Å². The molecule has 4 heterocycles. The molecule has 4 aliphatic rings. The Bertz CT molecular complexity index is 1130. The molecule has 0 radical (unpaired) electrons. The summed E-state index contributed by atoms with van der Waals surface area (Å²) in [4.78, 5) is 44.3. The maximum Gasteiger partial charge on any atom is 0.250 e. The zero-order valence-corrected chi connectivity index (χ0v) is 18.9. The summed E-state index contributed by atoms with van der Waals surface area (Å²) in [5, 5.41) is 2.99. The first-order valence-electron chi connectivity index (χ1n) is 9.96. The standard InChI is InChI=1S/C22H17Br2N3O3/c23-11-3-6-13(7-4-11)27-19(28)17-16-2-1-9-26(16)22(18(17)20(27)29)14-10-12(24)5-8-15(14)25-21(22)30/h3-8,10,16-18H,1-2,9H2,(H,25,30). The van der Waals surface area contributed by atoms with Gasteiger partial charge in [0.1, 0.15) is 5.54 Å². The van der Waals surface area contributed by atoms with E-state index in [2.05, 4.69) is 42.1 Å². The summed E-state index contributed by atoms with van der Waals surface area (Å²) < 4.78 is 1.72. The van der Waals surface area contributed by atoms with E-state index in [1.807, 2.05) is 30.3 Å². The minimum absolute atomic E-state index is 0.109. The zero-order valence-electron chi connectivity index (χ0n) is 15.8. The molecule has 30 heavy (non-hydrogen) atoms. The Kier molecular flexibility index (Phi) is 3.90. The predicted molar refractivity (Wildman–Crippen MR) is 118 cm³/mol. The van der Waals surface area contributed by atoms with Crippen molar-refractivity contribution in [3.05, 3.63) is 57.0 Å². The van der Waals surface area contributed by atoms with Gasteiger partial charge in [0.2, 0.25) is 17.7 Å². The Labute approximate surface area is 189 Å². The van der Waals surface area contributed by atoms with E-state index in [-0.39, 0.29) is 23.8 Å². The van der Waals surface area contributed by atoms with E-state index < -0.39 is 17.4 Å². The first-order chi connectivity index (χ1) is 14.4. The number of hydrogen-bond donors (Lipinski definition) is 1. The van der Waals surface area contributed by atoms with Gasteiger partial charge < -0.3 is 5.32 Å². The Hall–Kier alpha value is -2.03. The van der Waals surface area contributed by atoms with Crippen LogP contribution in [0.4, 0.5) is 11.4 Å². The lowest BCUT2D eigenvalue weighted by Gasteiger charge is -2.36. The molecule has 1 spiro atoms. The van der Waals surface area contributed by atoms with Crippen LogP contribution in [0.15, 0.2) is 51.4 Å². The van der Waals surface area contributed by atoms with Crippen LogP contribution < -0.4 is 10.2 Å². The van der Waals surface area contributed by atoms with Crippen molar-refractivity contribution in [2.24, 2.45) is 11.8 Å². The second kappa shape index (κ2) is 6.24. The number of rotatable bonds is 1. The Morgan fingerprint density at radius 2 is 1.70 bits per heavy atom. The van der Waals surface area contributed by atoms with Crippen LogP contribution in [0.2, 0.25) is 0 Å². The highest BCUT2D eigenvalue weighted by molar-refractivity contribution is 9.10. The van der Waals surface area contributed by atoms with Gasteiger partial charge in [0.25, 0.3) is 0 Å². The van der Waals surface area contributed by atoms with Crippen LogP contribution in [0.1, 0.15) is 18.4 Å². The molecule has 3 fully saturated rings. The molecule has 0 aliphatic carbocycles. The Morgan fingerprint density at radius 3 is 2.47 bits per heavy atom. The molecule has 6 nitrogen and oxygen atoms in total. The van der Waals surface area contributed by atoms with Gasteiger partial charge in [-0.1, -0.05) is 31.9 Å². The van der Waals surface area contributed by atoms with Gasteiger partial charge in [-0.3, -0.25) is 19.3 Å². The Morgan fingerprint density at radius 1 is 0.967 bits per heavy atom. The molecule has 2 aromatic carbocycles. The van der Waals surface area contributed by atoms with Crippen molar-refractivity contribution in [1.82, 2.24) is 4.90 Å². The summed E-state index contributed by atoms with van der Waals surface area (Å²) in [6, 6.07) is 12.7. The summed E-state index contributed by atoms with van der Waals surface area (Å²) in [6.07, 6.45) is 1.72. The Balaban J connectivity index is 1.56. The highest BCUT2D eigenvalue weighted by atomic mass is 79.9. The van der Waals surface area contributed by atoms with E-state index in [1.54, 1.807) is 12.1 Å². The lowest BCUT2D eigenvalue weighted by atomic mass is 9.75. The van der Waals surface area contributed by atoms with Crippen LogP contribution in [-0.2, 0) is 19.9 Å². The second-order valence-electron chi connectivity index (χ2n) is 8.31. The van der Waals surface area contributed by atoms with Crippen molar-refractivity contribution < 1.29 is 14.4 Å². The number of nitrogens with one attached hydrogen (secondary N) is 1. The third kappa shape index (κ3) is 2.14. The number of hydrogen-bond acceptors (Lipinski definition) is 4. The molecule has 0 aromatic heterocycles. The highest BCUT2D eigenvalue weighted by Crippen LogP contribution is 2.60. The maximum absolute atomic E-state index is 13.8. The third-order valence-corrected chi connectivity index (χ3v) is 8.06. The van der Waals surface area contributed by atoms with Gasteiger partial charge in [-0.2, -0.15) is 0 Å². The van der Waals surface area contributed by atoms with E-state index in [4.69, 9.17) is 0 Å². The van der Waals surface area contributed by atoms with Gasteiger partial charge in [-0.25, -0.2) is 4.90 Å². The van der Waals surface area contributed by atoms with Gasteiger partial charge in [0.05, 0.1) is 17.5 Å². The van der Waals surface area contributed by atoms with Crippen LogP contribution in [0.3, 0.4) is 0 Å². The van der Waals surface area contributed by atoms with E-state index >= 15 is 0 Å². The molecule has 3 saturated heterocycles. The average Bonchev–Trinajstić information content (AvgIpc) is 3.42. The van der Waals surface area contributed by atoms with Crippen LogP contribution in [0, 0.1) is 11.8 Å². The van der Waals surface area contributed by atoms with Crippen molar-refractivity contribution in [3.8, 4) is 0 Å². The molecular formula is C22H17Br2N3O3. The van der Waals surface area contributed by atoms with E-state index in [0.29, 0.717) is 12.2 Å². The molecule has 152 valence electrons. The minimum atomic E-state index is -1.14. The fourth-order valence-corrected chi connectivity index (χ4v) is 6.65. The fraction of sp³-hybridized carbons (Fsp3) is 0.318. The smallest absolute Gasteiger partial charge is 0.250 e. The number of fused-ring (bicyclic) bond motifs is 7. The zero-order chi connectivity index (χ0) is 20.8. The predicted octanol–water partition coefficient (Wildman–Crippen LogP) is 3.64. The van der Waals surface area contributed by atoms with Crippen LogP contribution in [0.5, 0.6) is 0 Å². The summed E-state index contributed by atoms with van der Waals surface area (Å²) in [7, 11) is 0. The summed E-state index contributed by atoms with van der Waals surface area (Å²) in [5.41, 5.74) is 0.925. The van der Waals surface area contributed by atoms with Crippen molar-refractivity contribution in [2.75, 3.05) is 16.8 Å². The van der Waals surface area contributed by atoms with Crippen molar-refractivity contribution in [1.29, 1.82) is 0 Å². The second-order valence-corrected chi connectivity index (χ2v) is 10.1. The van der Waals surface area contributed by atoms with Crippen LogP contribution in [0.25, 0.3) is 0 Å². The molecule has 2 aromatic rings. The van der Waals surface area contributed by atoms with Gasteiger partial charge in [-0.05, 0) is 61.9 Å². The number of carbonyl (C=O) groups excluding carboxylic acids is 3. The van der Waals surface area contributed by atoms with E-state index in [0.717, 1.165) is 33.0 Å². The van der Waals surface area contributed by atoms with Crippen molar-refractivity contribution in [3.63, 3.8) is 0 Å². The van der Waals surface area contributed by atoms with Gasteiger partial charge in [-0.15, -0.1) is 0 Å². The number of imide groups is 1. The molecule has 4 atom stereocenters.